The molecule has 15 heavy (non-hydrogen) atoms. The first-order valence-corrected chi connectivity index (χ1v) is 7.47. The second-order valence-electron chi connectivity index (χ2n) is 4.81. The Morgan fingerprint density at radius 2 is 1.93 bits per heavy atom. The number of rotatable bonds is 5. The summed E-state index contributed by atoms with van der Waals surface area (Å²) in [5.74, 6) is 0.266. The monoisotopic (exact) mass is 234 g/mol. The van der Waals surface area contributed by atoms with E-state index in [0.717, 1.165) is 13.1 Å². The van der Waals surface area contributed by atoms with Crippen molar-refractivity contribution in [1.29, 1.82) is 0 Å². The van der Waals surface area contributed by atoms with E-state index in [1.54, 1.807) is 0 Å². The standard InChI is InChI=1S/C10H22N2O2S/c1-9(2)12-7-10(8-12)11(3)5-6-15(4,13)14/h9-10H,5-8H2,1-4H3. The minimum atomic E-state index is -2.82. The normalized spacial score (nSPS) is 19.9. The van der Waals surface area contributed by atoms with Crippen LogP contribution in [0.25, 0.3) is 0 Å². The van der Waals surface area contributed by atoms with Gasteiger partial charge in [0, 0.05) is 38.0 Å². The van der Waals surface area contributed by atoms with Gasteiger partial charge < -0.3 is 0 Å². The average Bonchev–Trinajstić information content (AvgIpc) is 1.95. The van der Waals surface area contributed by atoms with Crippen LogP contribution in [0, 0.1) is 0 Å². The zero-order valence-electron chi connectivity index (χ0n) is 10.1. The van der Waals surface area contributed by atoms with Crippen LogP contribution in [0.2, 0.25) is 0 Å². The van der Waals surface area contributed by atoms with Gasteiger partial charge in [0.1, 0.15) is 9.84 Å². The first-order chi connectivity index (χ1) is 6.79. The average molecular weight is 234 g/mol. The molecule has 0 spiro atoms. The molecule has 90 valence electrons. The molecule has 1 aliphatic rings. The molecular formula is C10H22N2O2S. The zero-order valence-corrected chi connectivity index (χ0v) is 10.9. The predicted octanol–water partition coefficient (Wildman–Crippen LogP) is 0.0554. The van der Waals surface area contributed by atoms with Gasteiger partial charge in [-0.1, -0.05) is 0 Å². The third kappa shape index (κ3) is 4.09. The predicted molar refractivity (Wildman–Crippen MR) is 62.8 cm³/mol. The van der Waals surface area contributed by atoms with Crippen LogP contribution in [0.15, 0.2) is 0 Å². The van der Waals surface area contributed by atoms with E-state index in [2.05, 4.69) is 23.6 Å². The van der Waals surface area contributed by atoms with Crippen LogP contribution in [-0.2, 0) is 9.84 Å². The molecule has 1 aliphatic heterocycles. The Kier molecular flexibility index (Phi) is 4.14. The summed E-state index contributed by atoms with van der Waals surface area (Å²) in [6, 6.07) is 1.14. The van der Waals surface area contributed by atoms with Crippen molar-refractivity contribution < 1.29 is 8.42 Å². The van der Waals surface area contributed by atoms with Gasteiger partial charge in [0.25, 0.3) is 0 Å². The van der Waals surface area contributed by atoms with Gasteiger partial charge in [0.2, 0.25) is 0 Å². The van der Waals surface area contributed by atoms with E-state index >= 15 is 0 Å². The summed E-state index contributed by atoms with van der Waals surface area (Å²) in [5, 5.41) is 0. The molecule has 0 radical (unpaired) electrons. The lowest BCUT2D eigenvalue weighted by Crippen LogP contribution is -2.60. The van der Waals surface area contributed by atoms with Crippen molar-refractivity contribution in [3.8, 4) is 0 Å². The highest BCUT2D eigenvalue weighted by Gasteiger charge is 2.31. The van der Waals surface area contributed by atoms with E-state index in [0.29, 0.717) is 18.6 Å². The lowest BCUT2D eigenvalue weighted by Gasteiger charge is -2.46. The third-order valence-electron chi connectivity index (χ3n) is 3.06. The number of hydrogen-bond donors (Lipinski definition) is 0. The minimum Gasteiger partial charge on any atom is -0.300 e. The molecule has 4 nitrogen and oxygen atoms in total. The lowest BCUT2D eigenvalue weighted by molar-refractivity contribution is 0.0299. The number of sulfone groups is 1. The molecule has 0 aromatic rings. The van der Waals surface area contributed by atoms with E-state index in [9.17, 15) is 8.42 Å². The van der Waals surface area contributed by atoms with Gasteiger partial charge in [-0.15, -0.1) is 0 Å². The number of nitrogens with zero attached hydrogens (tertiary/aromatic N) is 2. The Morgan fingerprint density at radius 3 is 2.33 bits per heavy atom. The van der Waals surface area contributed by atoms with E-state index in [1.807, 2.05) is 7.05 Å². The summed E-state index contributed by atoms with van der Waals surface area (Å²) in [6.45, 7) is 7.16. The Bertz CT molecular complexity index is 295. The summed E-state index contributed by atoms with van der Waals surface area (Å²) in [6.07, 6.45) is 1.29. The number of hydrogen-bond acceptors (Lipinski definition) is 4. The SMILES string of the molecule is CC(C)N1CC(N(C)CCS(C)(=O)=O)C1. The van der Waals surface area contributed by atoms with Crippen LogP contribution >= 0.6 is 0 Å². The molecule has 0 N–H and O–H groups in total. The molecule has 1 rings (SSSR count). The Morgan fingerprint density at radius 1 is 1.40 bits per heavy atom. The molecule has 0 aromatic heterocycles. The molecule has 0 aliphatic carbocycles. The molecule has 0 atom stereocenters. The van der Waals surface area contributed by atoms with E-state index < -0.39 is 9.84 Å². The summed E-state index contributed by atoms with van der Waals surface area (Å²) < 4.78 is 22.0. The van der Waals surface area contributed by atoms with Crippen LogP contribution in [0.4, 0.5) is 0 Å². The molecule has 1 fully saturated rings. The highest BCUT2D eigenvalue weighted by atomic mass is 32.2. The molecule has 5 heteroatoms. The lowest BCUT2D eigenvalue weighted by atomic mass is 10.1. The van der Waals surface area contributed by atoms with Crippen molar-refractivity contribution in [3.05, 3.63) is 0 Å². The van der Waals surface area contributed by atoms with Crippen LogP contribution in [0.3, 0.4) is 0 Å². The van der Waals surface area contributed by atoms with Crippen molar-refractivity contribution in [2.24, 2.45) is 0 Å². The van der Waals surface area contributed by atoms with Gasteiger partial charge in [-0.2, -0.15) is 0 Å². The fourth-order valence-electron chi connectivity index (χ4n) is 1.68. The second kappa shape index (κ2) is 4.80. The maximum atomic E-state index is 11.0. The first-order valence-electron chi connectivity index (χ1n) is 5.41. The molecule has 0 unspecified atom stereocenters. The molecular weight excluding hydrogens is 212 g/mol. The van der Waals surface area contributed by atoms with Crippen molar-refractivity contribution >= 4 is 9.84 Å². The van der Waals surface area contributed by atoms with Gasteiger partial charge in [0.15, 0.2) is 0 Å². The van der Waals surface area contributed by atoms with Crippen molar-refractivity contribution in [3.63, 3.8) is 0 Å². The van der Waals surface area contributed by atoms with E-state index in [-0.39, 0.29) is 5.75 Å². The molecule has 1 heterocycles. The molecule has 1 saturated heterocycles. The Balaban J connectivity index is 2.24. The fourth-order valence-corrected chi connectivity index (χ4v) is 2.30. The third-order valence-corrected chi connectivity index (χ3v) is 3.98. The second-order valence-corrected chi connectivity index (χ2v) is 7.07. The van der Waals surface area contributed by atoms with E-state index in [4.69, 9.17) is 0 Å². The molecule has 0 bridgehead atoms. The number of likely N-dealkylation sites (tertiary alicyclic amines) is 1. The quantitative estimate of drug-likeness (QED) is 0.674. The van der Waals surface area contributed by atoms with Crippen LogP contribution in [0.5, 0.6) is 0 Å². The van der Waals surface area contributed by atoms with Crippen molar-refractivity contribution in [1.82, 2.24) is 9.80 Å². The van der Waals surface area contributed by atoms with Gasteiger partial charge in [-0.25, -0.2) is 8.42 Å². The summed E-state index contributed by atoms with van der Waals surface area (Å²) >= 11 is 0. The van der Waals surface area contributed by atoms with Crippen molar-refractivity contribution in [2.45, 2.75) is 25.9 Å². The van der Waals surface area contributed by atoms with Gasteiger partial charge >= 0.3 is 0 Å². The van der Waals surface area contributed by atoms with Crippen LogP contribution < -0.4 is 0 Å². The highest BCUT2D eigenvalue weighted by molar-refractivity contribution is 7.90. The molecule has 0 saturated carbocycles. The number of likely N-dealkylation sites (N-methyl/N-ethyl adjacent to an activating group) is 1. The van der Waals surface area contributed by atoms with Crippen LogP contribution in [0.1, 0.15) is 13.8 Å². The van der Waals surface area contributed by atoms with Gasteiger partial charge in [0.05, 0.1) is 5.75 Å². The minimum absolute atomic E-state index is 0.266. The zero-order chi connectivity index (χ0) is 11.6. The van der Waals surface area contributed by atoms with Crippen LogP contribution in [-0.4, -0.2) is 69.0 Å². The molecule has 0 aromatic carbocycles. The largest absolute Gasteiger partial charge is 0.300 e. The smallest absolute Gasteiger partial charge is 0.148 e. The maximum absolute atomic E-state index is 11.0. The summed E-state index contributed by atoms with van der Waals surface area (Å²) in [5.41, 5.74) is 0. The maximum Gasteiger partial charge on any atom is 0.148 e. The van der Waals surface area contributed by atoms with Crippen molar-refractivity contribution in [2.75, 3.05) is 38.7 Å². The Hall–Kier alpha value is -0.130. The Labute approximate surface area is 93.2 Å². The highest BCUT2D eigenvalue weighted by Crippen LogP contribution is 2.16. The summed E-state index contributed by atoms with van der Waals surface area (Å²) in [4.78, 5) is 4.54. The first kappa shape index (κ1) is 12.9. The molecule has 0 amide bonds. The van der Waals surface area contributed by atoms with E-state index in [1.165, 1.54) is 6.26 Å². The topological polar surface area (TPSA) is 40.6 Å². The van der Waals surface area contributed by atoms with Gasteiger partial charge in [-0.05, 0) is 20.9 Å². The fraction of sp³-hybridized carbons (Fsp3) is 1.00. The summed E-state index contributed by atoms with van der Waals surface area (Å²) in [7, 11) is -0.815. The van der Waals surface area contributed by atoms with Gasteiger partial charge in [-0.3, -0.25) is 9.80 Å².